The molecular formula is C3H7KS. The zero-order chi connectivity index (χ0) is 3.41. The molecule has 2 heteroatoms. The molecule has 5 heavy (non-hydrogen) atoms. The third-order valence-corrected chi connectivity index (χ3v) is 0.612. The molecule has 0 atom stereocenters. The van der Waals surface area contributed by atoms with Crippen LogP contribution in [-0.2, 0) is 12.6 Å². The minimum atomic E-state index is 0. The van der Waals surface area contributed by atoms with Gasteiger partial charge in [0.05, 0.1) is 0 Å². The molecule has 0 heterocycles. The van der Waals surface area contributed by atoms with Crippen molar-refractivity contribution in [2.24, 2.45) is 0 Å². The Labute approximate surface area is 81.5 Å². The summed E-state index contributed by atoms with van der Waals surface area (Å²) >= 11 is 4.55. The fourth-order valence-electron chi connectivity index (χ4n) is 0. The van der Waals surface area contributed by atoms with Crippen LogP contribution in [0.2, 0.25) is 0 Å². The molecule has 0 aliphatic carbocycles. The summed E-state index contributed by atoms with van der Waals surface area (Å²) in [7, 11) is 0. The van der Waals surface area contributed by atoms with Gasteiger partial charge in [0.2, 0.25) is 0 Å². The summed E-state index contributed by atoms with van der Waals surface area (Å²) in [6, 6.07) is 0. The van der Waals surface area contributed by atoms with Crippen molar-refractivity contribution in [1.29, 1.82) is 0 Å². The van der Waals surface area contributed by atoms with E-state index in [4.69, 9.17) is 0 Å². The van der Waals surface area contributed by atoms with E-state index >= 15 is 0 Å². The minimum Gasteiger partial charge on any atom is -0.793 e. The quantitative estimate of drug-likeness (QED) is 0.279. The Morgan fingerprint density at radius 3 is 1.80 bits per heavy atom. The Morgan fingerprint density at radius 1 is 1.60 bits per heavy atom. The van der Waals surface area contributed by atoms with Gasteiger partial charge in [-0.3, -0.25) is 0 Å². The second-order valence-corrected chi connectivity index (χ2v) is 1.11. The van der Waals surface area contributed by atoms with Crippen molar-refractivity contribution in [3.8, 4) is 0 Å². The number of hydrogen-bond acceptors (Lipinski definition) is 1. The van der Waals surface area contributed by atoms with Crippen LogP contribution in [0, 0.1) is 0 Å². The molecule has 0 aliphatic rings. The first kappa shape index (κ1) is 10.1. The molecule has 0 unspecified atom stereocenters. The largest absolute Gasteiger partial charge is 1.00 e. The van der Waals surface area contributed by atoms with E-state index in [9.17, 15) is 0 Å². The van der Waals surface area contributed by atoms with Crippen molar-refractivity contribution in [1.82, 2.24) is 0 Å². The van der Waals surface area contributed by atoms with Crippen LogP contribution in [0.15, 0.2) is 0 Å². The maximum absolute atomic E-state index is 4.55. The molecule has 0 rings (SSSR count). The summed E-state index contributed by atoms with van der Waals surface area (Å²) in [4.78, 5) is 0. The zero-order valence-corrected chi connectivity index (χ0v) is 7.76. The predicted molar refractivity (Wildman–Crippen MR) is 22.5 cm³/mol. The van der Waals surface area contributed by atoms with Gasteiger partial charge < -0.3 is 12.6 Å². The van der Waals surface area contributed by atoms with Gasteiger partial charge >= 0.3 is 51.4 Å². The van der Waals surface area contributed by atoms with Crippen LogP contribution < -0.4 is 51.4 Å². The summed E-state index contributed by atoms with van der Waals surface area (Å²) in [5.41, 5.74) is 0. The molecule has 0 aliphatic heterocycles. The standard InChI is InChI=1S/C3H8S.K/c1-2-3-4;/h4H,2-3H2,1H3;/q;+1/p-1. The zero-order valence-electron chi connectivity index (χ0n) is 3.82. The smallest absolute Gasteiger partial charge is 0.793 e. The fraction of sp³-hybridized carbons (Fsp3) is 1.00. The van der Waals surface area contributed by atoms with Crippen LogP contribution in [0.25, 0.3) is 0 Å². The van der Waals surface area contributed by atoms with Crippen molar-refractivity contribution in [3.63, 3.8) is 0 Å². The van der Waals surface area contributed by atoms with Crippen molar-refractivity contribution >= 4 is 12.6 Å². The number of hydrogen-bond donors (Lipinski definition) is 0. The van der Waals surface area contributed by atoms with E-state index in [0.717, 1.165) is 12.2 Å². The third kappa shape index (κ3) is 10.7. The Hall–Kier alpha value is 1.99. The summed E-state index contributed by atoms with van der Waals surface area (Å²) in [6.45, 7) is 2.08. The summed E-state index contributed by atoms with van der Waals surface area (Å²) < 4.78 is 0. The van der Waals surface area contributed by atoms with E-state index < -0.39 is 0 Å². The van der Waals surface area contributed by atoms with Crippen molar-refractivity contribution in [2.75, 3.05) is 5.75 Å². The molecule has 0 saturated carbocycles. The topological polar surface area (TPSA) is 0 Å². The van der Waals surface area contributed by atoms with Gasteiger partial charge in [0.25, 0.3) is 0 Å². The van der Waals surface area contributed by atoms with Gasteiger partial charge in [-0.25, -0.2) is 0 Å². The van der Waals surface area contributed by atoms with Crippen LogP contribution in [-0.4, -0.2) is 5.75 Å². The maximum Gasteiger partial charge on any atom is 1.00 e. The average Bonchev–Trinajstić information content (AvgIpc) is 1.37. The minimum absolute atomic E-state index is 0. The van der Waals surface area contributed by atoms with Gasteiger partial charge in [-0.15, -0.1) is 0 Å². The molecule has 0 saturated heterocycles. The Morgan fingerprint density at radius 2 is 1.80 bits per heavy atom. The van der Waals surface area contributed by atoms with Crippen LogP contribution in [0.3, 0.4) is 0 Å². The summed E-state index contributed by atoms with van der Waals surface area (Å²) in [5.74, 6) is 0.903. The predicted octanol–water partition coefficient (Wildman–Crippen LogP) is -2.05. The summed E-state index contributed by atoms with van der Waals surface area (Å²) in [6.07, 6.45) is 1.13. The van der Waals surface area contributed by atoms with Crippen molar-refractivity contribution in [3.05, 3.63) is 0 Å². The van der Waals surface area contributed by atoms with Gasteiger partial charge in [0.1, 0.15) is 0 Å². The molecular weight excluding hydrogens is 107 g/mol. The average molecular weight is 114 g/mol. The molecule has 0 bridgehead atoms. The maximum atomic E-state index is 4.55. The van der Waals surface area contributed by atoms with Gasteiger partial charge in [0, 0.05) is 0 Å². The Balaban J connectivity index is 0. The molecule has 0 aromatic carbocycles. The van der Waals surface area contributed by atoms with E-state index in [1.807, 2.05) is 0 Å². The van der Waals surface area contributed by atoms with E-state index in [0.29, 0.717) is 0 Å². The normalized spacial score (nSPS) is 6.00. The first-order chi connectivity index (χ1) is 1.91. The molecule has 0 aromatic rings. The molecule has 0 amide bonds. The van der Waals surface area contributed by atoms with Crippen molar-refractivity contribution in [2.45, 2.75) is 13.3 Å². The van der Waals surface area contributed by atoms with E-state index in [2.05, 4.69) is 19.6 Å². The van der Waals surface area contributed by atoms with E-state index in [1.54, 1.807) is 0 Å². The van der Waals surface area contributed by atoms with Gasteiger partial charge in [-0.2, -0.15) is 5.75 Å². The second-order valence-electron chi connectivity index (χ2n) is 0.704. The Kier molecular flexibility index (Phi) is 18.9. The van der Waals surface area contributed by atoms with Crippen LogP contribution in [0.1, 0.15) is 13.3 Å². The molecule has 0 spiro atoms. The molecule has 26 valence electrons. The van der Waals surface area contributed by atoms with Gasteiger partial charge in [-0.1, -0.05) is 13.3 Å². The fourth-order valence-corrected chi connectivity index (χ4v) is 0. The van der Waals surface area contributed by atoms with Crippen LogP contribution >= 0.6 is 0 Å². The molecule has 0 radical (unpaired) electrons. The van der Waals surface area contributed by atoms with Gasteiger partial charge in [-0.05, 0) is 0 Å². The molecule has 0 N–H and O–H groups in total. The molecule has 0 aromatic heterocycles. The van der Waals surface area contributed by atoms with Crippen LogP contribution in [0.4, 0.5) is 0 Å². The number of rotatable bonds is 1. The molecule has 0 fully saturated rings. The Bertz CT molecular complexity index is 8.85. The monoisotopic (exact) mass is 114 g/mol. The second kappa shape index (κ2) is 9.37. The van der Waals surface area contributed by atoms with Gasteiger partial charge in [0.15, 0.2) is 0 Å². The SMILES string of the molecule is CCC[S-].[K+]. The van der Waals surface area contributed by atoms with Crippen LogP contribution in [0.5, 0.6) is 0 Å². The van der Waals surface area contributed by atoms with E-state index in [1.165, 1.54) is 0 Å². The van der Waals surface area contributed by atoms with E-state index in [-0.39, 0.29) is 51.4 Å². The third-order valence-electron chi connectivity index (χ3n) is 0.204. The first-order valence-corrected chi connectivity index (χ1v) is 2.07. The first-order valence-electron chi connectivity index (χ1n) is 1.50. The van der Waals surface area contributed by atoms with Crippen molar-refractivity contribution < 1.29 is 51.4 Å². The summed E-state index contributed by atoms with van der Waals surface area (Å²) in [5, 5.41) is 0. The molecule has 0 nitrogen and oxygen atoms in total.